The molecule has 3 fully saturated rings. The largest absolute Gasteiger partial charge is 0.468 e. The number of esters is 1. The zero-order valence-electron chi connectivity index (χ0n) is 27.4. The van der Waals surface area contributed by atoms with Gasteiger partial charge in [-0.05, 0) is 112 Å². The van der Waals surface area contributed by atoms with Crippen LogP contribution < -0.4 is 0 Å². The van der Waals surface area contributed by atoms with Crippen LogP contribution in [0.4, 0.5) is 0 Å². The second kappa shape index (κ2) is 12.4. The predicted octanol–water partition coefficient (Wildman–Crippen LogP) is 7.47. The first-order valence-corrected chi connectivity index (χ1v) is 17.0. The van der Waals surface area contributed by atoms with Crippen molar-refractivity contribution < 1.29 is 9.53 Å². The number of hydrogen-bond donors (Lipinski definition) is 0. The van der Waals surface area contributed by atoms with E-state index in [9.17, 15) is 4.79 Å². The minimum atomic E-state index is -0.360. The summed E-state index contributed by atoms with van der Waals surface area (Å²) in [5, 5.41) is 0. The van der Waals surface area contributed by atoms with E-state index < -0.39 is 0 Å². The van der Waals surface area contributed by atoms with E-state index in [1.165, 1.54) is 55.0 Å². The van der Waals surface area contributed by atoms with Crippen LogP contribution in [-0.2, 0) is 14.9 Å². The van der Waals surface area contributed by atoms with E-state index in [2.05, 4.69) is 108 Å². The first kappa shape index (κ1) is 30.2. The summed E-state index contributed by atoms with van der Waals surface area (Å²) in [7, 11) is 1.52. The van der Waals surface area contributed by atoms with Gasteiger partial charge in [-0.25, -0.2) is 9.78 Å². The molecule has 0 saturated carbocycles. The molecule has 3 aliphatic rings. The molecule has 0 spiro atoms. The van der Waals surface area contributed by atoms with Crippen molar-refractivity contribution in [2.45, 2.75) is 95.3 Å². The number of methoxy groups -OCH3 is 1. The smallest absolute Gasteiger partial charge is 0.327 e. The number of likely N-dealkylation sites (tertiary alicyclic amines) is 1. The molecule has 45 heavy (non-hydrogen) atoms. The van der Waals surface area contributed by atoms with E-state index in [4.69, 9.17) is 9.72 Å². The van der Waals surface area contributed by atoms with Crippen molar-refractivity contribution in [1.82, 2.24) is 19.4 Å². The van der Waals surface area contributed by atoms with Gasteiger partial charge in [0.25, 0.3) is 0 Å². The van der Waals surface area contributed by atoms with Gasteiger partial charge in [0.15, 0.2) is 0 Å². The van der Waals surface area contributed by atoms with Crippen molar-refractivity contribution >= 4 is 17.0 Å². The number of nitrogens with zero attached hydrogens (tertiary/aromatic N) is 4. The summed E-state index contributed by atoms with van der Waals surface area (Å²) in [6.45, 7) is 9.33. The van der Waals surface area contributed by atoms with Gasteiger partial charge in [-0.3, -0.25) is 9.80 Å². The number of imidazole rings is 1. The average molecular weight is 605 g/mol. The zero-order chi connectivity index (χ0) is 31.1. The van der Waals surface area contributed by atoms with Gasteiger partial charge in [-0.1, -0.05) is 60.7 Å². The molecule has 4 heterocycles. The summed E-state index contributed by atoms with van der Waals surface area (Å²) in [5.74, 6) is 0.992. The van der Waals surface area contributed by atoms with Gasteiger partial charge >= 0.3 is 5.97 Å². The molecule has 1 aromatic heterocycles. The topological polar surface area (TPSA) is 50.6 Å². The number of para-hydroxylation sites is 2. The molecule has 7 rings (SSSR count). The van der Waals surface area contributed by atoms with E-state index >= 15 is 0 Å². The highest BCUT2D eigenvalue weighted by Gasteiger charge is 2.45. The molecule has 4 aromatic rings. The van der Waals surface area contributed by atoms with Gasteiger partial charge < -0.3 is 9.30 Å². The normalized spacial score (nSPS) is 24.1. The number of fused-ring (bicyclic) bond motifs is 3. The number of hydrogen-bond acceptors (Lipinski definition) is 5. The molecule has 3 saturated heterocycles. The lowest BCUT2D eigenvalue weighted by atomic mass is 9.70. The lowest BCUT2D eigenvalue weighted by Crippen LogP contribution is -2.49. The number of carbonyl (C=O) groups is 1. The van der Waals surface area contributed by atoms with Gasteiger partial charge in [0.2, 0.25) is 0 Å². The highest BCUT2D eigenvalue weighted by atomic mass is 16.5. The first-order chi connectivity index (χ1) is 21.9. The Labute approximate surface area is 268 Å². The summed E-state index contributed by atoms with van der Waals surface area (Å²) in [4.78, 5) is 23.4. The zero-order valence-corrected chi connectivity index (χ0v) is 27.4. The highest BCUT2D eigenvalue weighted by Crippen LogP contribution is 2.46. The third-order valence-corrected chi connectivity index (χ3v) is 11.7. The lowest BCUT2D eigenvalue weighted by molar-refractivity contribution is -0.148. The second-order valence-corrected chi connectivity index (χ2v) is 13.9. The molecule has 6 heteroatoms. The van der Waals surface area contributed by atoms with Crippen LogP contribution in [0.1, 0.15) is 85.1 Å². The van der Waals surface area contributed by atoms with Crippen LogP contribution in [0.3, 0.4) is 0 Å². The van der Waals surface area contributed by atoms with E-state index in [1.54, 1.807) is 0 Å². The molecule has 3 aromatic carbocycles. The standard InChI is InChI=1S/C39H48N4O2/c1-27-11-10-14-34(28(27)2)37(38(44)45-4)41-22-19-39(20-23-41,30-12-6-5-7-13-30)21-24-42-31-17-18-32(42)26-33(25-31)43-29(3)40-35-15-8-9-16-36(35)43/h5-16,31-33,37H,17-26H2,1-4H3/t31-,32+,33?,37?. The van der Waals surface area contributed by atoms with Crippen molar-refractivity contribution in [3.05, 3.63) is 101 Å². The molecule has 0 aliphatic carbocycles. The fourth-order valence-corrected chi connectivity index (χ4v) is 9.13. The maximum Gasteiger partial charge on any atom is 0.327 e. The number of aromatic nitrogens is 2. The van der Waals surface area contributed by atoms with E-state index in [0.29, 0.717) is 18.1 Å². The lowest BCUT2D eigenvalue weighted by Gasteiger charge is -2.47. The minimum absolute atomic E-state index is 0.105. The fourth-order valence-electron chi connectivity index (χ4n) is 9.13. The second-order valence-electron chi connectivity index (χ2n) is 13.9. The van der Waals surface area contributed by atoms with Crippen LogP contribution in [0.15, 0.2) is 72.8 Å². The van der Waals surface area contributed by atoms with Crippen LogP contribution in [0.5, 0.6) is 0 Å². The molecule has 2 bridgehead atoms. The summed E-state index contributed by atoms with van der Waals surface area (Å²) < 4.78 is 7.92. The van der Waals surface area contributed by atoms with Crippen molar-refractivity contribution in [2.24, 2.45) is 0 Å². The monoisotopic (exact) mass is 604 g/mol. The van der Waals surface area contributed by atoms with Crippen molar-refractivity contribution in [2.75, 3.05) is 26.7 Å². The van der Waals surface area contributed by atoms with Crippen LogP contribution in [0.2, 0.25) is 0 Å². The average Bonchev–Trinajstić information content (AvgIpc) is 3.53. The van der Waals surface area contributed by atoms with E-state index in [1.807, 2.05) is 0 Å². The van der Waals surface area contributed by atoms with Crippen LogP contribution in [-0.4, -0.2) is 64.1 Å². The first-order valence-electron chi connectivity index (χ1n) is 17.0. The number of benzene rings is 3. The third-order valence-electron chi connectivity index (χ3n) is 11.7. The Hall–Kier alpha value is -3.48. The molecule has 6 nitrogen and oxygen atoms in total. The van der Waals surface area contributed by atoms with Crippen LogP contribution >= 0.6 is 0 Å². The van der Waals surface area contributed by atoms with Gasteiger partial charge in [0.1, 0.15) is 11.9 Å². The van der Waals surface area contributed by atoms with Gasteiger partial charge in [0.05, 0.1) is 18.1 Å². The Bertz CT molecular complexity index is 1640. The maximum atomic E-state index is 13.2. The van der Waals surface area contributed by atoms with Crippen molar-refractivity contribution in [1.29, 1.82) is 0 Å². The Morgan fingerprint density at radius 3 is 2.29 bits per heavy atom. The highest BCUT2D eigenvalue weighted by molar-refractivity contribution is 5.78. The minimum Gasteiger partial charge on any atom is -0.468 e. The Kier molecular flexibility index (Phi) is 8.30. The fraction of sp³-hybridized carbons (Fsp3) is 0.487. The van der Waals surface area contributed by atoms with Crippen molar-refractivity contribution in [3.8, 4) is 0 Å². The molecular formula is C39H48N4O2. The number of carbonyl (C=O) groups excluding carboxylic acids is 1. The summed E-state index contributed by atoms with van der Waals surface area (Å²) >= 11 is 0. The SMILES string of the molecule is COC(=O)C(c1cccc(C)c1C)N1CCC(CCN2[C@@H]3CC[C@H]2CC(n2c(C)nc4ccccc42)C3)(c2ccccc2)CC1. The van der Waals surface area contributed by atoms with E-state index in [0.717, 1.165) is 55.8 Å². The van der Waals surface area contributed by atoms with Gasteiger partial charge in [0, 0.05) is 31.2 Å². The number of aryl methyl sites for hydroxylation is 2. The molecule has 0 N–H and O–H groups in total. The predicted molar refractivity (Wildman–Crippen MR) is 180 cm³/mol. The molecule has 2 unspecified atom stereocenters. The molecule has 4 atom stereocenters. The maximum absolute atomic E-state index is 13.2. The van der Waals surface area contributed by atoms with E-state index in [-0.39, 0.29) is 17.4 Å². The Morgan fingerprint density at radius 1 is 0.889 bits per heavy atom. The molecular weight excluding hydrogens is 556 g/mol. The number of piperidine rings is 2. The Balaban J connectivity index is 1.09. The third kappa shape index (κ3) is 5.50. The molecule has 236 valence electrons. The molecule has 0 radical (unpaired) electrons. The quantitative estimate of drug-likeness (QED) is 0.195. The van der Waals surface area contributed by atoms with Crippen LogP contribution in [0.25, 0.3) is 11.0 Å². The number of rotatable bonds is 8. The molecule has 3 aliphatic heterocycles. The van der Waals surface area contributed by atoms with Crippen LogP contribution in [0, 0.1) is 20.8 Å². The number of ether oxygens (including phenoxy) is 1. The van der Waals surface area contributed by atoms with Gasteiger partial charge in [-0.2, -0.15) is 0 Å². The molecule has 0 amide bonds. The Morgan fingerprint density at radius 2 is 1.58 bits per heavy atom. The summed E-state index contributed by atoms with van der Waals surface area (Å²) in [5.41, 5.74) is 7.44. The summed E-state index contributed by atoms with van der Waals surface area (Å²) in [6.07, 6.45) is 8.26. The van der Waals surface area contributed by atoms with Gasteiger partial charge in [-0.15, -0.1) is 0 Å². The summed E-state index contributed by atoms with van der Waals surface area (Å²) in [6, 6.07) is 27.6. The van der Waals surface area contributed by atoms with Crippen molar-refractivity contribution in [3.63, 3.8) is 0 Å².